The predicted octanol–water partition coefficient (Wildman–Crippen LogP) is 0.728. The Morgan fingerprint density at radius 1 is 0.727 bits per heavy atom. The lowest BCUT2D eigenvalue weighted by Gasteiger charge is -2.34. The number of likely N-dealkylation sites (N-methyl/N-ethyl adjacent to an activating group) is 1. The van der Waals surface area contributed by atoms with Crippen molar-refractivity contribution in [3.63, 3.8) is 0 Å². The van der Waals surface area contributed by atoms with Gasteiger partial charge in [0.1, 0.15) is 36.3 Å². The van der Waals surface area contributed by atoms with Crippen molar-refractivity contribution in [2.45, 2.75) is 123 Å². The van der Waals surface area contributed by atoms with Crippen LogP contribution in [0.4, 0.5) is 0 Å². The lowest BCUT2D eigenvalue weighted by Crippen LogP contribution is -2.62. The number of rotatable bonds is 13. The molecule has 1 aliphatic rings. The number of aromatic nitrogens is 1. The highest BCUT2D eigenvalue weighted by molar-refractivity contribution is 5.99. The van der Waals surface area contributed by atoms with Gasteiger partial charge in [0, 0.05) is 30.6 Å². The van der Waals surface area contributed by atoms with Crippen molar-refractivity contribution in [1.82, 2.24) is 36.5 Å². The van der Waals surface area contributed by atoms with E-state index in [1.807, 2.05) is 52.0 Å². The molecule has 2 heterocycles. The van der Waals surface area contributed by atoms with Gasteiger partial charge in [-0.1, -0.05) is 59.7 Å². The van der Waals surface area contributed by atoms with Crippen LogP contribution in [0.25, 0.3) is 10.9 Å². The molecule has 16 nitrogen and oxygen atoms in total. The zero-order chi connectivity index (χ0) is 41.0. The van der Waals surface area contributed by atoms with E-state index in [1.165, 1.54) is 11.9 Å². The van der Waals surface area contributed by atoms with Gasteiger partial charge in [-0.05, 0) is 68.0 Å². The Labute approximate surface area is 323 Å². The second kappa shape index (κ2) is 20.6. The van der Waals surface area contributed by atoms with E-state index in [4.69, 9.17) is 11.5 Å². The number of unbranched alkanes of at least 4 members (excludes halogenated alkanes) is 1. The third kappa shape index (κ3) is 12.8. The van der Waals surface area contributed by atoms with E-state index >= 15 is 0 Å². The zero-order valence-corrected chi connectivity index (χ0v) is 33.2. The van der Waals surface area contributed by atoms with E-state index in [9.17, 15) is 33.6 Å². The van der Waals surface area contributed by atoms with Crippen LogP contribution in [0, 0.1) is 17.8 Å². The fourth-order valence-electron chi connectivity index (χ4n) is 6.74. The van der Waals surface area contributed by atoms with Crippen molar-refractivity contribution < 1.29 is 33.6 Å². The van der Waals surface area contributed by atoms with Crippen LogP contribution in [0.1, 0.15) is 85.6 Å². The van der Waals surface area contributed by atoms with Gasteiger partial charge in [0.25, 0.3) is 0 Å². The average molecular weight is 768 g/mol. The first-order valence-electron chi connectivity index (χ1n) is 19.2. The number of para-hydroxylation sites is 1. The number of hydrogen-bond donors (Lipinski definition) is 8. The maximum Gasteiger partial charge on any atom is 0.245 e. The van der Waals surface area contributed by atoms with E-state index in [0.29, 0.717) is 19.4 Å². The lowest BCUT2D eigenvalue weighted by atomic mass is 9.96. The molecular weight excluding hydrogens is 706 g/mol. The molecule has 0 bridgehead atoms. The largest absolute Gasteiger partial charge is 0.370 e. The predicted molar refractivity (Wildman–Crippen MR) is 209 cm³/mol. The molecule has 1 aliphatic heterocycles. The first kappa shape index (κ1) is 44.4. The summed E-state index contributed by atoms with van der Waals surface area (Å²) in [5.74, 6) is -5.52. The highest BCUT2D eigenvalue weighted by atomic mass is 16.2. The van der Waals surface area contributed by atoms with Gasteiger partial charge in [0.05, 0.1) is 6.42 Å². The van der Waals surface area contributed by atoms with E-state index in [2.05, 4.69) is 31.6 Å². The molecule has 1 fully saturated rings. The Kier molecular flexibility index (Phi) is 16.7. The summed E-state index contributed by atoms with van der Waals surface area (Å²) in [6.07, 6.45) is 2.72. The molecular formula is C39H61N9O7. The van der Waals surface area contributed by atoms with Crippen molar-refractivity contribution in [3.05, 3.63) is 36.0 Å². The van der Waals surface area contributed by atoms with Crippen molar-refractivity contribution in [2.75, 3.05) is 13.6 Å². The molecule has 2 aromatic rings. The number of H-pyrrole nitrogens is 1. The second-order valence-electron chi connectivity index (χ2n) is 15.7. The monoisotopic (exact) mass is 767 g/mol. The SMILES string of the molecule is CC(C)C[C@@H]1NC(=O)[C@H](Cc2c[nH]c3ccccc23)NC(=O)[C@@H](CCCCN)NC(=O)[C@H](CC(N)=O)NC(=O)[C@H](C(C)C)NC(=O)[C@@H](CC(C)C)N(C)C1=O. The molecule has 55 heavy (non-hydrogen) atoms. The van der Waals surface area contributed by atoms with Gasteiger partial charge in [0.2, 0.25) is 41.4 Å². The summed E-state index contributed by atoms with van der Waals surface area (Å²) >= 11 is 0. The summed E-state index contributed by atoms with van der Waals surface area (Å²) in [5.41, 5.74) is 12.8. The molecule has 1 saturated heterocycles. The smallest absolute Gasteiger partial charge is 0.245 e. The lowest BCUT2D eigenvalue weighted by molar-refractivity contribution is -0.144. The molecule has 0 saturated carbocycles. The number of nitrogens with one attached hydrogen (secondary N) is 6. The molecule has 0 radical (unpaired) electrons. The van der Waals surface area contributed by atoms with E-state index in [0.717, 1.165) is 16.5 Å². The van der Waals surface area contributed by atoms with Crippen LogP contribution < -0.4 is 38.1 Å². The molecule has 6 atom stereocenters. The molecule has 0 aliphatic carbocycles. The van der Waals surface area contributed by atoms with Gasteiger partial charge < -0.3 is 47.9 Å². The minimum atomic E-state index is -1.50. The van der Waals surface area contributed by atoms with Crippen LogP contribution in [0.2, 0.25) is 0 Å². The Morgan fingerprint density at radius 2 is 1.31 bits per heavy atom. The van der Waals surface area contributed by atoms with E-state index < -0.39 is 89.9 Å². The second-order valence-corrected chi connectivity index (χ2v) is 15.7. The third-order valence-electron chi connectivity index (χ3n) is 9.73. The van der Waals surface area contributed by atoms with Gasteiger partial charge >= 0.3 is 0 Å². The number of hydrogen-bond acceptors (Lipinski definition) is 8. The number of nitrogens with zero attached hydrogens (tertiary/aromatic N) is 1. The maximum atomic E-state index is 14.4. The number of nitrogens with two attached hydrogens (primary N) is 2. The summed E-state index contributed by atoms with van der Waals surface area (Å²) in [6.45, 7) is 11.3. The zero-order valence-electron chi connectivity index (χ0n) is 33.2. The van der Waals surface area contributed by atoms with Crippen molar-refractivity contribution >= 4 is 52.3 Å². The first-order chi connectivity index (χ1) is 25.9. The van der Waals surface area contributed by atoms with E-state index in [-0.39, 0.29) is 37.5 Å². The van der Waals surface area contributed by atoms with Gasteiger partial charge in [-0.3, -0.25) is 33.6 Å². The summed E-state index contributed by atoms with van der Waals surface area (Å²) in [6, 6.07) is 0.290. The highest BCUT2D eigenvalue weighted by Crippen LogP contribution is 2.21. The van der Waals surface area contributed by atoms with Gasteiger partial charge in [0.15, 0.2) is 0 Å². The minimum Gasteiger partial charge on any atom is -0.370 e. The Bertz CT molecular complexity index is 1670. The quantitative estimate of drug-likeness (QED) is 0.135. The van der Waals surface area contributed by atoms with Crippen molar-refractivity contribution in [2.24, 2.45) is 29.2 Å². The van der Waals surface area contributed by atoms with Gasteiger partial charge in [-0.15, -0.1) is 0 Å². The Morgan fingerprint density at radius 3 is 1.93 bits per heavy atom. The fraction of sp³-hybridized carbons (Fsp3) is 0.615. The molecule has 16 heteroatoms. The van der Waals surface area contributed by atoms with Crippen LogP contribution in [0.15, 0.2) is 30.5 Å². The number of carbonyl (C=O) groups excluding carboxylic acids is 7. The maximum absolute atomic E-state index is 14.4. The summed E-state index contributed by atoms with van der Waals surface area (Å²) in [5, 5.41) is 14.5. The fourth-order valence-corrected chi connectivity index (χ4v) is 6.74. The molecule has 1 aromatic carbocycles. The average Bonchev–Trinajstić information content (AvgIpc) is 3.52. The van der Waals surface area contributed by atoms with Crippen LogP contribution in [-0.2, 0) is 40.0 Å². The van der Waals surface area contributed by atoms with Crippen molar-refractivity contribution in [1.29, 1.82) is 0 Å². The summed E-state index contributed by atoms with van der Waals surface area (Å²) in [7, 11) is 1.49. The van der Waals surface area contributed by atoms with Gasteiger partial charge in [-0.25, -0.2) is 0 Å². The van der Waals surface area contributed by atoms with Crippen molar-refractivity contribution in [3.8, 4) is 0 Å². The molecule has 0 unspecified atom stereocenters. The summed E-state index contributed by atoms with van der Waals surface area (Å²) < 4.78 is 0. The summed E-state index contributed by atoms with van der Waals surface area (Å²) in [4.78, 5) is 101. The minimum absolute atomic E-state index is 0.0266. The first-order valence-corrected chi connectivity index (χ1v) is 19.2. The number of aromatic amines is 1. The molecule has 10 N–H and O–H groups in total. The van der Waals surface area contributed by atoms with Gasteiger partial charge in [-0.2, -0.15) is 0 Å². The van der Waals surface area contributed by atoms with E-state index in [1.54, 1.807) is 20.0 Å². The molecule has 3 rings (SSSR count). The number of fused-ring (bicyclic) bond motifs is 1. The van der Waals surface area contributed by atoms with Crippen LogP contribution >= 0.6 is 0 Å². The molecule has 304 valence electrons. The van der Waals surface area contributed by atoms with Crippen LogP contribution in [-0.4, -0.2) is 101 Å². The highest BCUT2D eigenvalue weighted by Gasteiger charge is 2.38. The van der Waals surface area contributed by atoms with Crippen LogP contribution in [0.3, 0.4) is 0 Å². The molecule has 1 aromatic heterocycles. The topological polar surface area (TPSA) is 251 Å². The number of benzene rings is 1. The Balaban J connectivity index is 2.18. The number of amides is 7. The molecule has 7 amide bonds. The molecule has 0 spiro atoms. The number of carbonyl (C=O) groups is 7. The number of primary amides is 1. The standard InChI is InChI=1S/C39H61N9O7/c1-21(2)16-30-39(55)48(7)31(17-22(3)4)37(53)47-33(23(5)6)38(54)45-29(19-32(41)49)36(52)43-27(14-10-11-15-40)34(50)44-28(35(51)46-30)18-24-20-42-26-13-9-8-12-25(24)26/h8-9,12-13,20-23,27-31,33,42H,10-11,14-19,40H2,1-7H3,(H2,41,49)(H,43,52)(H,44,50)(H,45,54)(H,46,51)(H,47,53)/t27-,28+,29+,30+,31-,33+/m1/s1. The third-order valence-corrected chi connectivity index (χ3v) is 9.73. The normalized spacial score (nSPS) is 23.9. The van der Waals surface area contributed by atoms with Crippen LogP contribution in [0.5, 0.6) is 0 Å². The Hall–Kier alpha value is -4.99.